The minimum Gasteiger partial charge on any atom is -0.231 e. The van der Waals surface area contributed by atoms with Gasteiger partial charge in [0.2, 0.25) is 0 Å². The van der Waals surface area contributed by atoms with Crippen molar-refractivity contribution >= 4 is 19.0 Å². The van der Waals surface area contributed by atoms with Gasteiger partial charge in [0.05, 0.1) is 0 Å². The summed E-state index contributed by atoms with van der Waals surface area (Å²) in [4.78, 5) is 0. The quantitative estimate of drug-likeness (QED) is 0.396. The van der Waals surface area contributed by atoms with Crippen molar-refractivity contribution in [2.24, 2.45) is 0 Å². The summed E-state index contributed by atoms with van der Waals surface area (Å²) >= 11 is 4.10. The molecule has 0 aliphatic carbocycles. The van der Waals surface area contributed by atoms with E-state index >= 15 is 0 Å². The van der Waals surface area contributed by atoms with Gasteiger partial charge in [-0.3, -0.25) is 0 Å². The third-order valence-corrected chi connectivity index (χ3v) is 1.63. The van der Waals surface area contributed by atoms with Crippen molar-refractivity contribution in [1.82, 2.24) is 0 Å². The Balaban J connectivity index is 2.75. The molecule has 0 radical (unpaired) electrons. The molecule has 0 aliphatic heterocycles. The van der Waals surface area contributed by atoms with Crippen molar-refractivity contribution in [2.45, 2.75) is 26.1 Å². The molecule has 0 bridgehead atoms. The van der Waals surface area contributed by atoms with Crippen LogP contribution in [0.25, 0.3) is 0 Å². The Morgan fingerprint density at radius 1 is 1.83 bits per heavy atom. The molecule has 0 saturated heterocycles. The van der Waals surface area contributed by atoms with Gasteiger partial charge < -0.3 is 0 Å². The highest BCUT2D eigenvalue weighted by molar-refractivity contribution is 8.06. The van der Waals surface area contributed by atoms with Gasteiger partial charge in [-0.1, -0.05) is 26.1 Å². The van der Waals surface area contributed by atoms with Gasteiger partial charge in [0.1, 0.15) is 0 Å². The van der Waals surface area contributed by atoms with Crippen molar-refractivity contribution in [3.63, 3.8) is 0 Å². The lowest BCUT2D eigenvalue weighted by Gasteiger charge is -1.96. The van der Waals surface area contributed by atoms with Crippen molar-refractivity contribution in [3.05, 3.63) is 0 Å². The molecule has 0 nitrogen and oxygen atoms in total. The van der Waals surface area contributed by atoms with E-state index in [2.05, 4.69) is 26.3 Å². The Morgan fingerprint density at radius 2 is 2.33 bits per heavy atom. The zero-order valence-electron chi connectivity index (χ0n) is 4.44. The second-order valence-corrected chi connectivity index (χ2v) is 2.06. The summed E-state index contributed by atoms with van der Waals surface area (Å²) in [5.41, 5.74) is 0. The monoisotopic (exact) mass is 102 g/mol. The average Bonchev–Trinajstić information content (AvgIpc) is 1.65. The Hall–Kier alpha value is 0.415. The smallest absolute Gasteiger partial charge is 0.190 e. The molecule has 0 aromatic heterocycles. The van der Waals surface area contributed by atoms with E-state index in [1.165, 1.54) is 6.42 Å². The molecule has 1 atom stereocenters. The van der Waals surface area contributed by atoms with Crippen LogP contribution in [0.4, 0.5) is 0 Å². The normalized spacial score (nSPS) is 13.8. The highest BCUT2D eigenvalue weighted by atomic mass is 32.1. The molecule has 0 aromatic rings. The van der Waals surface area contributed by atoms with E-state index in [1.807, 2.05) is 0 Å². The molecular weight excluding hydrogens is 90.9 g/mol. The minimum absolute atomic E-state index is 0.799. The lowest BCUT2D eigenvalue weighted by Crippen LogP contribution is -1.86. The largest absolute Gasteiger partial charge is 0.231 e. The molecule has 0 saturated carbocycles. The van der Waals surface area contributed by atoms with Crippen molar-refractivity contribution in [2.75, 3.05) is 0 Å². The topological polar surface area (TPSA) is 0 Å². The van der Waals surface area contributed by atoms with Gasteiger partial charge in [0.25, 0.3) is 0 Å². The minimum atomic E-state index is 0.799. The third-order valence-electron chi connectivity index (χ3n) is 1.01. The van der Waals surface area contributed by atoms with E-state index in [-0.39, 0.29) is 0 Å². The number of rotatable bonds is 2. The fourth-order valence-corrected chi connectivity index (χ4v) is 0.387. The third kappa shape index (κ3) is 2.64. The van der Waals surface area contributed by atoms with Gasteiger partial charge >= 0.3 is 0 Å². The van der Waals surface area contributed by atoms with Crippen LogP contribution in [0.15, 0.2) is 0 Å². The van der Waals surface area contributed by atoms with Crippen LogP contribution in [0.3, 0.4) is 0 Å². The molecule has 36 valence electrons. The first-order valence-corrected chi connectivity index (χ1v) is 3.05. The van der Waals surface area contributed by atoms with Crippen LogP contribution in [-0.4, -0.2) is 6.56 Å². The number of thiol groups is 1. The standard InChI is InChI=1S/C4H11BS/c1-3-4(2)5-6/h4-6H,3H2,1-2H3/t4-/m0/s1. The summed E-state index contributed by atoms with van der Waals surface area (Å²) in [6.45, 7) is 5.41. The van der Waals surface area contributed by atoms with Crippen LogP contribution in [0, 0.1) is 0 Å². The van der Waals surface area contributed by atoms with E-state index in [9.17, 15) is 0 Å². The molecule has 0 amide bonds. The molecule has 0 N–H and O–H groups in total. The molecule has 6 heavy (non-hydrogen) atoms. The summed E-state index contributed by atoms with van der Waals surface area (Å²) in [6.07, 6.45) is 1.25. The van der Waals surface area contributed by atoms with Crippen molar-refractivity contribution < 1.29 is 0 Å². The molecule has 0 aromatic carbocycles. The lowest BCUT2D eigenvalue weighted by molar-refractivity contribution is 0.878. The fourth-order valence-electron chi connectivity index (χ4n) is 0.129. The van der Waals surface area contributed by atoms with Crippen LogP contribution in [0.5, 0.6) is 0 Å². The maximum Gasteiger partial charge on any atom is 0.190 e. The van der Waals surface area contributed by atoms with Gasteiger partial charge in [-0.05, 0) is 0 Å². The Labute approximate surface area is 45.9 Å². The lowest BCUT2D eigenvalue weighted by atomic mass is 9.86. The van der Waals surface area contributed by atoms with Gasteiger partial charge in [0.15, 0.2) is 6.56 Å². The predicted octanol–water partition coefficient (Wildman–Crippen LogP) is 1.49. The van der Waals surface area contributed by atoms with Crippen LogP contribution in [0.1, 0.15) is 20.3 Å². The Kier molecular flexibility index (Phi) is 3.85. The van der Waals surface area contributed by atoms with E-state index in [1.54, 1.807) is 0 Å². The highest BCUT2D eigenvalue weighted by Gasteiger charge is 1.92. The van der Waals surface area contributed by atoms with Gasteiger partial charge in [0, 0.05) is 0 Å². The summed E-state index contributed by atoms with van der Waals surface area (Å²) in [6, 6.07) is 0. The number of hydrogen-bond donors (Lipinski definition) is 1. The molecule has 0 fully saturated rings. The summed E-state index contributed by atoms with van der Waals surface area (Å²) in [5, 5.41) is 0. The molecule has 0 heterocycles. The highest BCUT2D eigenvalue weighted by Crippen LogP contribution is 2.05. The average molecular weight is 102 g/mol. The van der Waals surface area contributed by atoms with Crippen LogP contribution in [-0.2, 0) is 0 Å². The van der Waals surface area contributed by atoms with E-state index in [0.717, 1.165) is 12.4 Å². The first-order valence-electron chi connectivity index (χ1n) is 2.42. The van der Waals surface area contributed by atoms with E-state index in [4.69, 9.17) is 0 Å². The molecule has 2 heteroatoms. The predicted molar refractivity (Wildman–Crippen MR) is 35.9 cm³/mol. The zero-order chi connectivity index (χ0) is 4.99. The van der Waals surface area contributed by atoms with E-state index < -0.39 is 0 Å². The van der Waals surface area contributed by atoms with Gasteiger partial charge in [-0.25, -0.2) is 12.5 Å². The zero-order valence-corrected chi connectivity index (χ0v) is 5.33. The molecule has 0 unspecified atom stereocenters. The molecular formula is C4H11BS. The van der Waals surface area contributed by atoms with Gasteiger partial charge in [-0.15, -0.1) is 0 Å². The first-order chi connectivity index (χ1) is 2.81. The van der Waals surface area contributed by atoms with Crippen molar-refractivity contribution in [3.8, 4) is 0 Å². The molecule has 0 aliphatic rings. The van der Waals surface area contributed by atoms with E-state index in [0.29, 0.717) is 0 Å². The van der Waals surface area contributed by atoms with Crippen LogP contribution >= 0.6 is 12.5 Å². The summed E-state index contributed by atoms with van der Waals surface area (Å²) in [7, 11) is 0. The van der Waals surface area contributed by atoms with Crippen molar-refractivity contribution in [1.29, 1.82) is 0 Å². The summed E-state index contributed by atoms with van der Waals surface area (Å²) in [5.74, 6) is 0.799. The maximum absolute atomic E-state index is 4.10. The Morgan fingerprint density at radius 3 is 2.33 bits per heavy atom. The summed E-state index contributed by atoms with van der Waals surface area (Å²) < 4.78 is 0. The van der Waals surface area contributed by atoms with Gasteiger partial charge in [-0.2, -0.15) is 0 Å². The second kappa shape index (κ2) is 3.60. The Bertz CT molecular complexity index is 26.7. The first kappa shape index (κ1) is 6.41. The maximum atomic E-state index is 4.10. The second-order valence-electron chi connectivity index (χ2n) is 1.70. The fraction of sp³-hybridized carbons (Fsp3) is 1.00. The molecule has 0 rings (SSSR count). The molecule has 0 spiro atoms. The van der Waals surface area contributed by atoms with Crippen LogP contribution in [0.2, 0.25) is 5.82 Å². The van der Waals surface area contributed by atoms with Crippen LogP contribution < -0.4 is 0 Å². The SMILES string of the molecule is CC[C@H](C)BS. The number of hydrogen-bond acceptors (Lipinski definition) is 1.